The van der Waals surface area contributed by atoms with E-state index in [-0.39, 0.29) is 23.4 Å². The van der Waals surface area contributed by atoms with Gasteiger partial charge in [0.2, 0.25) is 11.9 Å². The highest BCUT2D eigenvalue weighted by Gasteiger charge is 2.54. The molecule has 0 aromatic carbocycles. The van der Waals surface area contributed by atoms with E-state index in [9.17, 15) is 13.2 Å². The van der Waals surface area contributed by atoms with Gasteiger partial charge in [0, 0.05) is 24.7 Å². The van der Waals surface area contributed by atoms with Gasteiger partial charge < -0.3 is 15.9 Å². The van der Waals surface area contributed by atoms with Crippen LogP contribution >= 0.6 is 0 Å². The van der Waals surface area contributed by atoms with Gasteiger partial charge in [0.15, 0.2) is 5.82 Å². The zero-order chi connectivity index (χ0) is 20.6. The van der Waals surface area contributed by atoms with E-state index < -0.39 is 17.4 Å². The number of pyridine rings is 2. The number of rotatable bonds is 4. The minimum atomic E-state index is -4.59. The van der Waals surface area contributed by atoms with Crippen LogP contribution in [-0.2, 0) is 11.7 Å². The first-order valence-electron chi connectivity index (χ1n) is 8.47. The number of anilines is 3. The summed E-state index contributed by atoms with van der Waals surface area (Å²) in [5.74, 6) is -0.234. The van der Waals surface area contributed by atoms with Crippen LogP contribution in [0.4, 0.5) is 30.8 Å². The van der Waals surface area contributed by atoms with Crippen LogP contribution in [-0.4, -0.2) is 24.9 Å². The Bertz CT molecular complexity index is 1120. The molecule has 8 nitrogen and oxygen atoms in total. The molecule has 0 spiro atoms. The Hall–Kier alpha value is -3.81. The van der Waals surface area contributed by atoms with Crippen molar-refractivity contribution in [2.75, 3.05) is 11.1 Å². The van der Waals surface area contributed by atoms with Crippen LogP contribution in [0.3, 0.4) is 0 Å². The van der Waals surface area contributed by atoms with Crippen molar-refractivity contribution in [3.8, 4) is 11.5 Å². The van der Waals surface area contributed by atoms with Gasteiger partial charge in [-0.1, -0.05) is 6.07 Å². The van der Waals surface area contributed by atoms with E-state index in [1.54, 1.807) is 18.3 Å². The number of hydrogen-bond acceptors (Lipinski definition) is 7. The minimum absolute atomic E-state index is 0.0384. The fourth-order valence-corrected chi connectivity index (χ4v) is 2.72. The molecule has 4 rings (SSSR count). The van der Waals surface area contributed by atoms with Gasteiger partial charge in [0.1, 0.15) is 17.1 Å². The third kappa shape index (κ3) is 3.77. The lowest BCUT2D eigenvalue weighted by molar-refractivity contribution is -0.141. The first-order chi connectivity index (χ1) is 13.8. The quantitative estimate of drug-likeness (QED) is 0.647. The maximum Gasteiger partial charge on any atom is 0.433 e. The van der Waals surface area contributed by atoms with Crippen molar-refractivity contribution in [1.82, 2.24) is 24.9 Å². The van der Waals surface area contributed by atoms with Gasteiger partial charge in [-0.25, -0.2) is 11.6 Å². The molecular formula is C18H13F3N8. The maximum atomic E-state index is 12.9. The molecule has 0 aliphatic heterocycles. The highest BCUT2D eigenvalue weighted by Crippen LogP contribution is 2.49. The second-order valence-corrected chi connectivity index (χ2v) is 6.44. The largest absolute Gasteiger partial charge is 0.433 e. The molecule has 0 amide bonds. The molecule has 3 N–H and O–H groups in total. The lowest BCUT2D eigenvalue weighted by Crippen LogP contribution is -2.10. The SMILES string of the molecule is [C-]#[N+]C1(c2cc(Nc3nc(N)nc(-c4cccc(C(F)(F)F)n4)n3)ccn2)CC1. The summed E-state index contributed by atoms with van der Waals surface area (Å²) in [7, 11) is 0. The van der Waals surface area contributed by atoms with Gasteiger partial charge in [-0.15, -0.1) is 0 Å². The van der Waals surface area contributed by atoms with Crippen LogP contribution in [0.2, 0.25) is 0 Å². The van der Waals surface area contributed by atoms with Crippen molar-refractivity contribution in [2.24, 2.45) is 0 Å². The Labute approximate surface area is 162 Å². The van der Waals surface area contributed by atoms with Gasteiger partial charge in [0.25, 0.3) is 5.54 Å². The number of hydrogen-bond donors (Lipinski definition) is 2. The number of aromatic nitrogens is 5. The van der Waals surface area contributed by atoms with Crippen molar-refractivity contribution in [3.05, 3.63) is 59.3 Å². The summed E-state index contributed by atoms with van der Waals surface area (Å²) >= 11 is 0. The fourth-order valence-electron chi connectivity index (χ4n) is 2.72. The van der Waals surface area contributed by atoms with Gasteiger partial charge in [-0.05, 0) is 24.3 Å². The van der Waals surface area contributed by atoms with Crippen molar-refractivity contribution in [2.45, 2.75) is 24.6 Å². The van der Waals surface area contributed by atoms with Crippen LogP contribution in [0.5, 0.6) is 0 Å². The summed E-state index contributed by atoms with van der Waals surface area (Å²) in [6.07, 6.45) is -1.54. The fraction of sp³-hybridized carbons (Fsp3) is 0.222. The average Bonchev–Trinajstić information content (AvgIpc) is 3.49. The van der Waals surface area contributed by atoms with Crippen LogP contribution in [0.1, 0.15) is 24.2 Å². The third-order valence-electron chi connectivity index (χ3n) is 4.35. The zero-order valence-electron chi connectivity index (χ0n) is 14.8. The predicted octanol–water partition coefficient (Wildman–Crippen LogP) is 3.58. The summed E-state index contributed by atoms with van der Waals surface area (Å²) < 4.78 is 38.8. The monoisotopic (exact) mass is 398 g/mol. The Morgan fingerprint density at radius 1 is 1.10 bits per heavy atom. The number of nitrogens with two attached hydrogens (primary N) is 1. The lowest BCUT2D eigenvalue weighted by atomic mass is 10.1. The first kappa shape index (κ1) is 18.5. The molecular weight excluding hydrogens is 385 g/mol. The summed E-state index contributed by atoms with van der Waals surface area (Å²) in [5.41, 5.74) is 5.18. The minimum Gasteiger partial charge on any atom is -0.368 e. The van der Waals surface area contributed by atoms with E-state index in [1.807, 2.05) is 0 Å². The number of halogens is 3. The van der Waals surface area contributed by atoms with Crippen molar-refractivity contribution in [1.29, 1.82) is 0 Å². The summed E-state index contributed by atoms with van der Waals surface area (Å²) in [6, 6.07) is 6.80. The number of nitrogens with zero attached hydrogens (tertiary/aromatic N) is 6. The molecule has 0 radical (unpaired) electrons. The molecule has 0 saturated heterocycles. The van der Waals surface area contributed by atoms with E-state index in [2.05, 4.69) is 35.1 Å². The van der Waals surface area contributed by atoms with E-state index in [0.717, 1.165) is 18.9 Å². The zero-order valence-corrected chi connectivity index (χ0v) is 14.8. The summed E-state index contributed by atoms with van der Waals surface area (Å²) in [5, 5.41) is 2.93. The van der Waals surface area contributed by atoms with Gasteiger partial charge in [0.05, 0.1) is 0 Å². The standard InChI is InChI=1S/C18H13F3N8/c1-23-17(6-7-17)13-9-10(5-8-24-13)25-16-28-14(27-15(22)29-16)11-3-2-4-12(26-11)18(19,20)21/h2-5,8-9H,6-7H2,(H3,22,24,25,27,28,29). The van der Waals surface area contributed by atoms with E-state index in [0.29, 0.717) is 11.4 Å². The molecule has 3 heterocycles. The van der Waals surface area contributed by atoms with Crippen LogP contribution in [0.25, 0.3) is 16.4 Å². The molecule has 146 valence electrons. The molecule has 0 unspecified atom stereocenters. The predicted molar refractivity (Wildman–Crippen MR) is 97.5 cm³/mol. The Morgan fingerprint density at radius 2 is 1.90 bits per heavy atom. The second kappa shape index (κ2) is 6.66. The third-order valence-corrected chi connectivity index (χ3v) is 4.35. The maximum absolute atomic E-state index is 12.9. The van der Waals surface area contributed by atoms with Gasteiger partial charge in [-0.3, -0.25) is 4.98 Å². The highest BCUT2D eigenvalue weighted by molar-refractivity contribution is 5.59. The summed E-state index contributed by atoms with van der Waals surface area (Å²) in [6.45, 7) is 7.34. The first-order valence-corrected chi connectivity index (χ1v) is 8.47. The molecule has 1 fully saturated rings. The molecule has 1 saturated carbocycles. The average molecular weight is 398 g/mol. The molecule has 11 heteroatoms. The molecule has 1 aliphatic carbocycles. The molecule has 0 atom stereocenters. The van der Waals surface area contributed by atoms with Crippen LogP contribution < -0.4 is 11.1 Å². The van der Waals surface area contributed by atoms with E-state index in [4.69, 9.17) is 12.3 Å². The normalized spacial score (nSPS) is 14.8. The smallest absolute Gasteiger partial charge is 0.368 e. The Kier molecular flexibility index (Phi) is 4.26. The van der Waals surface area contributed by atoms with E-state index >= 15 is 0 Å². The molecule has 29 heavy (non-hydrogen) atoms. The number of nitrogen functional groups attached to an aromatic ring is 1. The van der Waals surface area contributed by atoms with Gasteiger partial charge in [-0.2, -0.15) is 28.1 Å². The second-order valence-electron chi connectivity index (χ2n) is 6.44. The molecule has 3 aromatic rings. The molecule has 1 aliphatic rings. The lowest BCUT2D eigenvalue weighted by Gasteiger charge is -2.10. The van der Waals surface area contributed by atoms with E-state index in [1.165, 1.54) is 12.1 Å². The molecule has 3 aromatic heterocycles. The number of nitrogens with one attached hydrogen (secondary N) is 1. The van der Waals surface area contributed by atoms with Crippen LogP contribution in [0, 0.1) is 6.57 Å². The Balaban J connectivity index is 1.65. The number of alkyl halides is 3. The van der Waals surface area contributed by atoms with Crippen molar-refractivity contribution >= 4 is 17.6 Å². The Morgan fingerprint density at radius 3 is 2.59 bits per heavy atom. The van der Waals surface area contributed by atoms with Gasteiger partial charge >= 0.3 is 6.18 Å². The summed E-state index contributed by atoms with van der Waals surface area (Å²) in [4.78, 5) is 23.4. The van der Waals surface area contributed by atoms with Crippen molar-refractivity contribution < 1.29 is 13.2 Å². The molecule has 0 bridgehead atoms. The topological polar surface area (TPSA) is 107 Å². The van der Waals surface area contributed by atoms with Crippen LogP contribution in [0.15, 0.2) is 36.5 Å². The van der Waals surface area contributed by atoms with Crippen molar-refractivity contribution in [3.63, 3.8) is 0 Å². The highest BCUT2D eigenvalue weighted by atomic mass is 19.4.